The number of nitrogen functional groups attached to an aromatic ring is 1. The van der Waals surface area contributed by atoms with E-state index in [-0.39, 0.29) is 0 Å². The molecule has 0 amide bonds. The van der Waals surface area contributed by atoms with Gasteiger partial charge in [-0.2, -0.15) is 0 Å². The molecule has 0 aliphatic carbocycles. The van der Waals surface area contributed by atoms with Crippen molar-refractivity contribution in [2.45, 2.75) is 0 Å². The summed E-state index contributed by atoms with van der Waals surface area (Å²) < 4.78 is 4.73. The molecule has 2 aromatic heterocycles. The van der Waals surface area contributed by atoms with Gasteiger partial charge in [0.1, 0.15) is 11.3 Å². The molecule has 0 radical (unpaired) electrons. The number of nitrogens with zero attached hydrogens (tertiary/aromatic N) is 2. The zero-order valence-electron chi connectivity index (χ0n) is 7.56. The van der Waals surface area contributed by atoms with Crippen LogP contribution >= 0.6 is 0 Å². The Bertz CT molecular complexity index is 458. The molecule has 2 aromatic rings. The summed E-state index contributed by atoms with van der Waals surface area (Å²) in [6, 6.07) is 1.66. The van der Waals surface area contributed by atoms with E-state index in [4.69, 9.17) is 10.4 Å². The fourth-order valence-electron chi connectivity index (χ4n) is 1.19. The first kappa shape index (κ1) is 8.98. The second kappa shape index (κ2) is 3.28. The molecule has 2 rings (SSSR count). The molecule has 0 saturated heterocycles. The van der Waals surface area contributed by atoms with E-state index >= 15 is 0 Å². The molecule has 0 spiro atoms. The fraction of sp³-hybridized carbons (Fsp3) is 0.143. The second-order valence-electron chi connectivity index (χ2n) is 2.84. The highest BCUT2D eigenvalue weighted by molar-refractivity contribution is 6.59. The quantitative estimate of drug-likeness (QED) is 0.523. The maximum absolute atomic E-state index is 9.36. The summed E-state index contributed by atoms with van der Waals surface area (Å²) in [6.45, 7) is 0. The lowest BCUT2D eigenvalue weighted by Crippen LogP contribution is -2.33. The first-order chi connectivity index (χ1) is 6.70. The molecule has 0 bridgehead atoms. The molecule has 0 aliphatic rings. The van der Waals surface area contributed by atoms with Crippen LogP contribution in [0, 0.1) is 0 Å². The predicted octanol–water partition coefficient (Wildman–Crippen LogP) is -1.13. The summed E-state index contributed by atoms with van der Waals surface area (Å²) in [4.78, 5) is 10.9. The Hall–Kier alpha value is -1.60. The maximum Gasteiger partial charge on any atom is 0.508 e. The van der Waals surface area contributed by atoms with Gasteiger partial charge in [0, 0.05) is 12.7 Å². The predicted molar refractivity (Wildman–Crippen MR) is 52.9 cm³/mol. The van der Waals surface area contributed by atoms with Crippen LogP contribution in [0.25, 0.3) is 11.2 Å². The van der Waals surface area contributed by atoms with E-state index in [2.05, 4.69) is 15.0 Å². The molecule has 0 atom stereocenters. The number of fused-ring (bicyclic) bond motifs is 1. The van der Waals surface area contributed by atoms with Crippen molar-refractivity contribution in [2.75, 3.05) is 12.8 Å². The minimum atomic E-state index is -0.993. The van der Waals surface area contributed by atoms with E-state index < -0.39 is 7.12 Å². The van der Waals surface area contributed by atoms with E-state index in [9.17, 15) is 5.02 Å². The lowest BCUT2D eigenvalue weighted by atomic mass is 9.86. The molecule has 14 heavy (non-hydrogen) atoms. The van der Waals surface area contributed by atoms with Gasteiger partial charge in [-0.1, -0.05) is 0 Å². The molecule has 7 heteroatoms. The number of nitrogens with one attached hydrogen (secondary N) is 1. The maximum atomic E-state index is 9.36. The molecule has 72 valence electrons. The molecule has 0 aromatic carbocycles. The number of rotatable bonds is 2. The monoisotopic (exact) mass is 192 g/mol. The van der Waals surface area contributed by atoms with Gasteiger partial charge in [-0.05, 0) is 6.07 Å². The third-order valence-corrected chi connectivity index (χ3v) is 1.86. The van der Waals surface area contributed by atoms with Crippen LogP contribution in [0.1, 0.15) is 0 Å². The SMILES string of the molecule is COB(O)c1cc2ncc(N)nc2[nH]1. The second-order valence-corrected chi connectivity index (χ2v) is 2.84. The zero-order chi connectivity index (χ0) is 10.1. The summed E-state index contributed by atoms with van der Waals surface area (Å²) in [5.41, 5.74) is 7.14. The van der Waals surface area contributed by atoms with E-state index in [0.29, 0.717) is 22.6 Å². The van der Waals surface area contributed by atoms with E-state index in [1.165, 1.54) is 13.3 Å². The van der Waals surface area contributed by atoms with Crippen LogP contribution in [0.5, 0.6) is 0 Å². The van der Waals surface area contributed by atoms with Gasteiger partial charge in [-0.15, -0.1) is 0 Å². The van der Waals surface area contributed by atoms with Crippen molar-refractivity contribution in [3.05, 3.63) is 12.3 Å². The Balaban J connectivity index is 2.51. The number of aromatic nitrogens is 3. The smallest absolute Gasteiger partial charge is 0.422 e. The van der Waals surface area contributed by atoms with Gasteiger partial charge in [-0.25, -0.2) is 9.97 Å². The van der Waals surface area contributed by atoms with Crippen LogP contribution in [0.4, 0.5) is 5.82 Å². The van der Waals surface area contributed by atoms with Crippen LogP contribution in [-0.4, -0.2) is 34.2 Å². The Morgan fingerprint density at radius 2 is 2.43 bits per heavy atom. The normalized spacial score (nSPS) is 10.7. The highest BCUT2D eigenvalue weighted by atomic mass is 16.5. The van der Waals surface area contributed by atoms with Crippen molar-refractivity contribution in [3.63, 3.8) is 0 Å². The van der Waals surface area contributed by atoms with E-state index in [1.54, 1.807) is 6.07 Å². The summed E-state index contributed by atoms with van der Waals surface area (Å²) >= 11 is 0. The number of hydrogen-bond acceptors (Lipinski definition) is 5. The number of hydrogen-bond donors (Lipinski definition) is 3. The number of aromatic amines is 1. The first-order valence-electron chi connectivity index (χ1n) is 4.02. The Kier molecular flexibility index (Phi) is 2.10. The highest BCUT2D eigenvalue weighted by Gasteiger charge is 2.17. The van der Waals surface area contributed by atoms with Gasteiger partial charge < -0.3 is 20.4 Å². The molecule has 6 nitrogen and oxygen atoms in total. The molecule has 0 aliphatic heterocycles. The van der Waals surface area contributed by atoms with Gasteiger partial charge in [0.25, 0.3) is 0 Å². The minimum Gasteiger partial charge on any atom is -0.422 e. The Morgan fingerprint density at radius 3 is 3.14 bits per heavy atom. The molecular weight excluding hydrogens is 183 g/mol. The minimum absolute atomic E-state index is 0.331. The van der Waals surface area contributed by atoms with Crippen LogP contribution in [-0.2, 0) is 4.65 Å². The number of nitrogens with two attached hydrogens (primary N) is 1. The largest absolute Gasteiger partial charge is 0.508 e. The lowest BCUT2D eigenvalue weighted by Gasteiger charge is -1.97. The molecule has 2 heterocycles. The van der Waals surface area contributed by atoms with Crippen LogP contribution < -0.4 is 11.3 Å². The number of anilines is 1. The average Bonchev–Trinajstić information content (AvgIpc) is 2.59. The van der Waals surface area contributed by atoms with E-state index in [1.807, 2.05) is 0 Å². The average molecular weight is 192 g/mol. The summed E-state index contributed by atoms with van der Waals surface area (Å²) in [7, 11) is 0.415. The van der Waals surface area contributed by atoms with Crippen molar-refractivity contribution < 1.29 is 9.68 Å². The van der Waals surface area contributed by atoms with Crippen LogP contribution in [0.2, 0.25) is 0 Å². The van der Waals surface area contributed by atoms with Gasteiger partial charge >= 0.3 is 7.12 Å². The molecular formula is C7H9BN4O2. The molecule has 0 saturated carbocycles. The van der Waals surface area contributed by atoms with Crippen molar-refractivity contribution in [2.24, 2.45) is 0 Å². The van der Waals surface area contributed by atoms with E-state index in [0.717, 1.165) is 0 Å². The van der Waals surface area contributed by atoms with Crippen LogP contribution in [0.3, 0.4) is 0 Å². The summed E-state index contributed by atoms with van der Waals surface area (Å²) in [5, 5.41) is 9.36. The molecule has 0 unspecified atom stereocenters. The Morgan fingerprint density at radius 1 is 1.64 bits per heavy atom. The van der Waals surface area contributed by atoms with Crippen molar-refractivity contribution >= 4 is 29.7 Å². The summed E-state index contributed by atoms with van der Waals surface area (Å²) in [6.07, 6.45) is 1.46. The zero-order valence-corrected chi connectivity index (χ0v) is 7.56. The molecule has 4 N–H and O–H groups in total. The first-order valence-corrected chi connectivity index (χ1v) is 4.02. The van der Waals surface area contributed by atoms with Gasteiger partial charge in [0.2, 0.25) is 0 Å². The van der Waals surface area contributed by atoms with Gasteiger partial charge in [0.15, 0.2) is 5.65 Å². The third kappa shape index (κ3) is 1.43. The van der Waals surface area contributed by atoms with Gasteiger partial charge in [-0.3, -0.25) is 0 Å². The topological polar surface area (TPSA) is 97.1 Å². The summed E-state index contributed by atoms with van der Waals surface area (Å²) in [5.74, 6) is 0.331. The van der Waals surface area contributed by atoms with Gasteiger partial charge in [0.05, 0.1) is 6.20 Å². The lowest BCUT2D eigenvalue weighted by molar-refractivity contribution is 0.341. The third-order valence-electron chi connectivity index (χ3n) is 1.86. The standard InChI is InChI=1S/C7H9BN4O2/c1-14-8(13)5-2-4-7(11-5)12-6(9)3-10-4/h2-3,13H,1H3,(H3,9,11,12). The van der Waals surface area contributed by atoms with Crippen molar-refractivity contribution in [3.8, 4) is 0 Å². The van der Waals surface area contributed by atoms with Crippen molar-refractivity contribution in [1.82, 2.24) is 15.0 Å². The highest BCUT2D eigenvalue weighted by Crippen LogP contribution is 2.06. The van der Waals surface area contributed by atoms with Crippen molar-refractivity contribution in [1.29, 1.82) is 0 Å². The number of H-pyrrole nitrogens is 1. The Labute approximate surface area is 80.3 Å². The van der Waals surface area contributed by atoms with Crippen LogP contribution in [0.15, 0.2) is 12.3 Å². The molecule has 0 fully saturated rings. The fourth-order valence-corrected chi connectivity index (χ4v) is 1.19.